The van der Waals surface area contributed by atoms with Crippen LogP contribution in [0, 0.1) is 0 Å². The van der Waals surface area contributed by atoms with E-state index in [4.69, 9.17) is 9.73 Å². The van der Waals surface area contributed by atoms with E-state index < -0.39 is 0 Å². The van der Waals surface area contributed by atoms with Crippen molar-refractivity contribution in [2.75, 3.05) is 32.7 Å². The van der Waals surface area contributed by atoms with Crippen molar-refractivity contribution < 1.29 is 9.84 Å². The van der Waals surface area contributed by atoms with Gasteiger partial charge in [-0.25, -0.2) is 4.99 Å². The smallest absolute Gasteiger partial charge is 0.153 e. The molecular weight excluding hydrogens is 326 g/mol. The van der Waals surface area contributed by atoms with Crippen LogP contribution < -0.4 is 4.74 Å². The van der Waals surface area contributed by atoms with Gasteiger partial charge in [-0.05, 0) is 30.7 Å². The van der Waals surface area contributed by atoms with Crippen LogP contribution in [0.4, 0.5) is 5.69 Å². The highest BCUT2D eigenvalue weighted by Crippen LogP contribution is 2.37. The monoisotopic (exact) mass is 351 g/mol. The summed E-state index contributed by atoms with van der Waals surface area (Å²) < 4.78 is 6.13. The van der Waals surface area contributed by atoms with E-state index >= 15 is 0 Å². The van der Waals surface area contributed by atoms with Crippen molar-refractivity contribution in [2.45, 2.75) is 19.4 Å². The number of aliphatic imine (C=N–C) groups is 1. The zero-order chi connectivity index (χ0) is 17.9. The molecule has 1 N–H and O–H groups in total. The SMILES string of the molecule is CC[C@H](O)CN1CCN(C2=Nc3ccccc3Oc3ccccc32)CC1. The van der Waals surface area contributed by atoms with E-state index in [1.165, 1.54) is 0 Å². The number of aliphatic hydroxyl groups excluding tert-OH is 1. The number of amidine groups is 1. The Balaban J connectivity index is 1.60. The van der Waals surface area contributed by atoms with Gasteiger partial charge in [0.1, 0.15) is 17.3 Å². The highest BCUT2D eigenvalue weighted by molar-refractivity contribution is 6.03. The Morgan fingerprint density at radius 1 is 1.00 bits per heavy atom. The molecule has 0 bridgehead atoms. The Bertz CT molecular complexity index is 797. The third-order valence-corrected chi connectivity index (χ3v) is 5.05. The van der Waals surface area contributed by atoms with Crippen LogP contribution in [-0.2, 0) is 0 Å². The molecule has 1 atom stereocenters. The zero-order valence-corrected chi connectivity index (χ0v) is 15.1. The zero-order valence-electron chi connectivity index (χ0n) is 15.1. The van der Waals surface area contributed by atoms with E-state index in [0.29, 0.717) is 0 Å². The summed E-state index contributed by atoms with van der Waals surface area (Å²) in [6, 6.07) is 16.0. The van der Waals surface area contributed by atoms with E-state index in [1.54, 1.807) is 0 Å². The van der Waals surface area contributed by atoms with Gasteiger partial charge < -0.3 is 14.7 Å². The van der Waals surface area contributed by atoms with Gasteiger partial charge in [-0.15, -0.1) is 0 Å². The summed E-state index contributed by atoms with van der Waals surface area (Å²) in [5, 5.41) is 9.91. The largest absolute Gasteiger partial charge is 0.454 e. The van der Waals surface area contributed by atoms with Gasteiger partial charge in [-0.3, -0.25) is 4.90 Å². The molecule has 0 spiro atoms. The molecule has 5 heteroatoms. The lowest BCUT2D eigenvalue weighted by Gasteiger charge is -2.37. The van der Waals surface area contributed by atoms with E-state index in [0.717, 1.165) is 67.7 Å². The Labute approximate surface area is 154 Å². The van der Waals surface area contributed by atoms with Crippen molar-refractivity contribution in [3.05, 3.63) is 54.1 Å². The first kappa shape index (κ1) is 17.1. The Hall–Kier alpha value is -2.37. The van der Waals surface area contributed by atoms with Crippen molar-refractivity contribution in [1.82, 2.24) is 9.80 Å². The number of benzene rings is 2. The molecule has 4 rings (SSSR count). The van der Waals surface area contributed by atoms with Crippen LogP contribution in [0.1, 0.15) is 18.9 Å². The maximum absolute atomic E-state index is 9.91. The summed E-state index contributed by atoms with van der Waals surface area (Å²) in [5.41, 5.74) is 1.90. The minimum Gasteiger partial charge on any atom is -0.454 e. The number of β-amino-alcohol motifs (C(OH)–C–C–N with tert-alkyl or cyclic N) is 1. The topological polar surface area (TPSA) is 48.3 Å². The third-order valence-electron chi connectivity index (χ3n) is 5.05. The van der Waals surface area contributed by atoms with Crippen molar-refractivity contribution in [3.63, 3.8) is 0 Å². The van der Waals surface area contributed by atoms with Crippen LogP contribution in [0.5, 0.6) is 11.5 Å². The van der Waals surface area contributed by atoms with Gasteiger partial charge in [0.2, 0.25) is 0 Å². The minimum absolute atomic E-state index is 0.238. The van der Waals surface area contributed by atoms with E-state index in [9.17, 15) is 5.11 Å². The number of hydrogen-bond donors (Lipinski definition) is 1. The lowest BCUT2D eigenvalue weighted by molar-refractivity contribution is 0.0875. The van der Waals surface area contributed by atoms with Gasteiger partial charge in [-0.1, -0.05) is 31.2 Å². The molecule has 136 valence electrons. The summed E-state index contributed by atoms with van der Waals surface area (Å²) in [6.45, 7) is 6.42. The Morgan fingerprint density at radius 3 is 2.46 bits per heavy atom. The lowest BCUT2D eigenvalue weighted by Crippen LogP contribution is -2.50. The number of nitrogens with zero attached hydrogens (tertiary/aromatic N) is 3. The molecule has 0 aromatic heterocycles. The number of fused-ring (bicyclic) bond motifs is 2. The van der Waals surface area contributed by atoms with Crippen molar-refractivity contribution in [2.24, 2.45) is 4.99 Å². The first-order valence-corrected chi connectivity index (χ1v) is 9.35. The second-order valence-corrected chi connectivity index (χ2v) is 6.85. The molecule has 26 heavy (non-hydrogen) atoms. The lowest BCUT2D eigenvalue weighted by atomic mass is 10.1. The molecule has 5 nitrogen and oxygen atoms in total. The predicted octanol–water partition coefficient (Wildman–Crippen LogP) is 3.26. The molecule has 2 aliphatic heterocycles. The molecule has 0 aliphatic carbocycles. The Kier molecular flexibility index (Phi) is 4.91. The summed E-state index contributed by atoms with van der Waals surface area (Å²) in [7, 11) is 0. The maximum atomic E-state index is 9.91. The van der Waals surface area contributed by atoms with Gasteiger partial charge in [-0.2, -0.15) is 0 Å². The van der Waals surface area contributed by atoms with Gasteiger partial charge in [0.15, 0.2) is 5.75 Å². The Morgan fingerprint density at radius 2 is 1.69 bits per heavy atom. The van der Waals surface area contributed by atoms with Crippen molar-refractivity contribution in [3.8, 4) is 11.5 Å². The first-order valence-electron chi connectivity index (χ1n) is 9.35. The van der Waals surface area contributed by atoms with Crippen molar-refractivity contribution >= 4 is 11.5 Å². The van der Waals surface area contributed by atoms with Crippen LogP contribution in [0.2, 0.25) is 0 Å². The number of aliphatic hydroxyl groups is 1. The average Bonchev–Trinajstić information content (AvgIpc) is 2.85. The quantitative estimate of drug-likeness (QED) is 0.922. The second kappa shape index (κ2) is 7.48. The van der Waals surface area contributed by atoms with E-state index in [2.05, 4.69) is 15.9 Å². The third kappa shape index (κ3) is 3.45. The number of rotatable bonds is 3. The van der Waals surface area contributed by atoms with E-state index in [1.807, 2.05) is 49.4 Å². The molecule has 0 unspecified atom stereocenters. The second-order valence-electron chi connectivity index (χ2n) is 6.85. The summed E-state index contributed by atoms with van der Waals surface area (Å²) in [4.78, 5) is 9.62. The van der Waals surface area contributed by atoms with Gasteiger partial charge in [0.25, 0.3) is 0 Å². The fourth-order valence-corrected chi connectivity index (χ4v) is 3.48. The minimum atomic E-state index is -0.238. The molecule has 2 aromatic carbocycles. The molecule has 0 radical (unpaired) electrons. The summed E-state index contributed by atoms with van der Waals surface area (Å²) in [6.07, 6.45) is 0.562. The molecule has 0 saturated carbocycles. The molecule has 2 heterocycles. The molecule has 0 amide bonds. The number of hydrogen-bond acceptors (Lipinski definition) is 5. The maximum Gasteiger partial charge on any atom is 0.153 e. The number of ether oxygens (including phenoxy) is 1. The van der Waals surface area contributed by atoms with Crippen LogP contribution in [0.15, 0.2) is 53.5 Å². The van der Waals surface area contributed by atoms with Crippen LogP contribution in [0.3, 0.4) is 0 Å². The fourth-order valence-electron chi connectivity index (χ4n) is 3.48. The molecule has 1 fully saturated rings. The average molecular weight is 351 g/mol. The van der Waals surface area contributed by atoms with E-state index in [-0.39, 0.29) is 6.10 Å². The van der Waals surface area contributed by atoms with Gasteiger partial charge in [0, 0.05) is 32.7 Å². The van der Waals surface area contributed by atoms with Crippen LogP contribution in [-0.4, -0.2) is 59.6 Å². The molecule has 1 saturated heterocycles. The van der Waals surface area contributed by atoms with Crippen LogP contribution in [0.25, 0.3) is 0 Å². The number of para-hydroxylation sites is 3. The highest BCUT2D eigenvalue weighted by atomic mass is 16.5. The van der Waals surface area contributed by atoms with Crippen LogP contribution >= 0.6 is 0 Å². The first-order chi connectivity index (χ1) is 12.7. The normalized spacial score (nSPS) is 18.2. The van der Waals surface area contributed by atoms with Crippen molar-refractivity contribution in [1.29, 1.82) is 0 Å². The standard InChI is InChI=1S/C21H25N3O2/c1-2-16(25)15-23-11-13-24(14-12-23)21-17-7-3-5-9-19(17)26-20-10-6-4-8-18(20)22-21/h3-10,16,25H,2,11-15H2,1H3/t16-/m0/s1. The fraction of sp³-hybridized carbons (Fsp3) is 0.381. The molecule has 2 aromatic rings. The predicted molar refractivity (Wildman–Crippen MR) is 103 cm³/mol. The summed E-state index contributed by atoms with van der Waals surface area (Å²) >= 11 is 0. The van der Waals surface area contributed by atoms with Gasteiger partial charge in [0.05, 0.1) is 11.7 Å². The molecular formula is C21H25N3O2. The number of piperazine rings is 1. The highest BCUT2D eigenvalue weighted by Gasteiger charge is 2.26. The summed E-state index contributed by atoms with van der Waals surface area (Å²) in [5.74, 6) is 2.61. The molecule has 2 aliphatic rings. The van der Waals surface area contributed by atoms with Gasteiger partial charge >= 0.3 is 0 Å².